The number of rotatable bonds is 21. The molecule has 0 bridgehead atoms. The number of hydrogen-bond donors (Lipinski definition) is 0. The SMILES string of the molecule is CCCCN(CCCC)[Si](Br)(N(CCCC)CCCC)N(CCCC)CCCC. The molecule has 0 aliphatic carbocycles. The molecule has 0 N–H and O–H groups in total. The maximum atomic E-state index is 4.58. The minimum Gasteiger partial charge on any atom is -0.291 e. The summed E-state index contributed by atoms with van der Waals surface area (Å²) in [6, 6.07) is 0. The lowest BCUT2D eigenvalue weighted by Crippen LogP contribution is -2.72. The van der Waals surface area contributed by atoms with Gasteiger partial charge in [0.25, 0.3) is 0 Å². The summed E-state index contributed by atoms with van der Waals surface area (Å²) in [5, 5.41) is 0. The minimum absolute atomic E-state index is 1.25. The maximum absolute atomic E-state index is 4.58. The van der Waals surface area contributed by atoms with Crippen molar-refractivity contribution in [3.8, 4) is 0 Å². The average Bonchev–Trinajstić information content (AvgIpc) is 2.73. The Hall–Kier alpha value is 0.577. The van der Waals surface area contributed by atoms with Gasteiger partial charge in [0.1, 0.15) is 0 Å². The standard InChI is InChI=1S/C24H54BrN3Si/c1-7-13-19-26(20-14-8-2)29(25,27(21-15-9-3)22-16-10-4)28(23-17-11-5)24-18-12-6/h7-24H2,1-6H3. The van der Waals surface area contributed by atoms with Crippen molar-refractivity contribution < 1.29 is 0 Å². The molecule has 0 saturated carbocycles. The predicted octanol–water partition coefficient (Wildman–Crippen LogP) is 7.52. The van der Waals surface area contributed by atoms with E-state index in [0.29, 0.717) is 0 Å². The molecule has 3 nitrogen and oxygen atoms in total. The molecule has 0 rings (SSSR count). The largest absolute Gasteiger partial charge is 0.364 e. The third kappa shape index (κ3) is 11.1. The summed E-state index contributed by atoms with van der Waals surface area (Å²) in [6.45, 7) is 21.5. The van der Waals surface area contributed by atoms with Crippen LogP contribution in [0.5, 0.6) is 0 Å². The summed E-state index contributed by atoms with van der Waals surface area (Å²) in [7, 11) is -2.05. The van der Waals surface area contributed by atoms with Crippen LogP contribution in [0.3, 0.4) is 0 Å². The van der Waals surface area contributed by atoms with Gasteiger partial charge >= 0.3 is 7.18 Å². The lowest BCUT2D eigenvalue weighted by molar-refractivity contribution is 0.245. The van der Waals surface area contributed by atoms with Crippen LogP contribution in [-0.2, 0) is 0 Å². The smallest absolute Gasteiger partial charge is 0.291 e. The van der Waals surface area contributed by atoms with Crippen molar-refractivity contribution in [1.29, 1.82) is 0 Å². The van der Waals surface area contributed by atoms with Crippen LogP contribution >= 0.6 is 15.3 Å². The summed E-state index contributed by atoms with van der Waals surface area (Å²) in [4.78, 5) is 0. The van der Waals surface area contributed by atoms with Gasteiger partial charge in [-0.05, 0) is 77.8 Å². The van der Waals surface area contributed by atoms with E-state index < -0.39 is 7.18 Å². The Morgan fingerprint density at radius 3 is 0.724 bits per heavy atom. The Labute approximate surface area is 193 Å². The lowest BCUT2D eigenvalue weighted by atomic mass is 10.3. The molecule has 0 aromatic carbocycles. The number of halogens is 1. The Morgan fingerprint density at radius 1 is 0.414 bits per heavy atom. The Bertz CT molecular complexity index is 283. The molecule has 176 valence electrons. The van der Waals surface area contributed by atoms with E-state index in [0.717, 1.165) is 0 Å². The predicted molar refractivity (Wildman–Crippen MR) is 139 cm³/mol. The van der Waals surface area contributed by atoms with Crippen LogP contribution in [0.1, 0.15) is 119 Å². The summed E-state index contributed by atoms with van der Waals surface area (Å²) in [5.41, 5.74) is 0. The van der Waals surface area contributed by atoms with E-state index in [9.17, 15) is 0 Å². The van der Waals surface area contributed by atoms with Crippen LogP contribution in [0.15, 0.2) is 0 Å². The topological polar surface area (TPSA) is 9.72 Å². The van der Waals surface area contributed by atoms with Crippen LogP contribution in [0.25, 0.3) is 0 Å². The molecule has 0 unspecified atom stereocenters. The van der Waals surface area contributed by atoms with Gasteiger partial charge in [-0.1, -0.05) is 95.4 Å². The first-order valence-electron chi connectivity index (χ1n) is 13.0. The van der Waals surface area contributed by atoms with Gasteiger partial charge in [-0.25, -0.2) is 0 Å². The van der Waals surface area contributed by atoms with Crippen LogP contribution in [-0.4, -0.2) is 60.1 Å². The van der Waals surface area contributed by atoms with Gasteiger partial charge in [0.05, 0.1) is 0 Å². The van der Waals surface area contributed by atoms with Crippen LogP contribution in [0.4, 0.5) is 0 Å². The molecule has 0 aliphatic heterocycles. The molecule has 0 atom stereocenters. The molecular formula is C24H54BrN3Si. The van der Waals surface area contributed by atoms with Crippen molar-refractivity contribution in [2.45, 2.75) is 119 Å². The first-order valence-corrected chi connectivity index (χ1v) is 17.1. The fourth-order valence-electron chi connectivity index (χ4n) is 3.88. The average molecular weight is 493 g/mol. The number of nitrogens with zero attached hydrogens (tertiary/aromatic N) is 3. The molecule has 0 aromatic rings. The third-order valence-corrected chi connectivity index (χ3v) is 14.2. The van der Waals surface area contributed by atoms with E-state index in [1.807, 2.05) is 0 Å². The van der Waals surface area contributed by atoms with Crippen molar-refractivity contribution >= 4 is 22.5 Å². The summed E-state index contributed by atoms with van der Waals surface area (Å²) >= 11 is 4.58. The number of hydrogen-bond acceptors (Lipinski definition) is 3. The van der Waals surface area contributed by atoms with Gasteiger partial charge in [-0.3, -0.25) is 13.7 Å². The Balaban J connectivity index is 6.01. The van der Waals surface area contributed by atoms with Gasteiger partial charge in [0, 0.05) is 0 Å². The van der Waals surface area contributed by atoms with Crippen molar-refractivity contribution in [3.05, 3.63) is 0 Å². The highest BCUT2D eigenvalue weighted by molar-refractivity contribution is 9.25. The summed E-state index contributed by atoms with van der Waals surface area (Å²) in [5.74, 6) is 0. The number of unbranched alkanes of at least 4 members (excludes halogenated alkanes) is 6. The zero-order valence-corrected chi connectivity index (χ0v) is 23.5. The maximum Gasteiger partial charge on any atom is 0.364 e. The Kier molecular flexibility index (Phi) is 19.7. The van der Waals surface area contributed by atoms with E-state index in [1.54, 1.807) is 0 Å². The second-order valence-corrected chi connectivity index (χ2v) is 14.8. The van der Waals surface area contributed by atoms with Gasteiger partial charge in [-0.2, -0.15) is 0 Å². The molecule has 0 spiro atoms. The quantitative estimate of drug-likeness (QED) is 0.121. The Morgan fingerprint density at radius 2 is 0.586 bits per heavy atom. The molecule has 0 saturated heterocycles. The van der Waals surface area contributed by atoms with Crippen LogP contribution in [0, 0.1) is 0 Å². The van der Waals surface area contributed by atoms with E-state index in [2.05, 4.69) is 70.5 Å². The highest BCUT2D eigenvalue weighted by Crippen LogP contribution is 2.30. The molecule has 0 aliphatic rings. The van der Waals surface area contributed by atoms with Crippen molar-refractivity contribution in [1.82, 2.24) is 13.7 Å². The van der Waals surface area contributed by atoms with Gasteiger partial charge in [0.2, 0.25) is 0 Å². The fourth-order valence-corrected chi connectivity index (χ4v) is 10.9. The second kappa shape index (κ2) is 19.3. The van der Waals surface area contributed by atoms with Crippen molar-refractivity contribution in [3.63, 3.8) is 0 Å². The van der Waals surface area contributed by atoms with Crippen molar-refractivity contribution in [2.24, 2.45) is 0 Å². The highest BCUT2D eigenvalue weighted by Gasteiger charge is 2.48. The van der Waals surface area contributed by atoms with E-state index in [-0.39, 0.29) is 0 Å². The second-order valence-electron chi connectivity index (χ2n) is 8.64. The van der Waals surface area contributed by atoms with Gasteiger partial charge < -0.3 is 0 Å². The van der Waals surface area contributed by atoms with Crippen LogP contribution < -0.4 is 0 Å². The van der Waals surface area contributed by atoms with Gasteiger partial charge in [0.15, 0.2) is 0 Å². The third-order valence-electron chi connectivity index (χ3n) is 5.90. The normalized spacial score (nSPS) is 12.6. The molecule has 29 heavy (non-hydrogen) atoms. The zero-order chi connectivity index (χ0) is 22.0. The van der Waals surface area contributed by atoms with E-state index in [4.69, 9.17) is 0 Å². The molecule has 0 radical (unpaired) electrons. The first kappa shape index (κ1) is 29.6. The zero-order valence-electron chi connectivity index (χ0n) is 20.9. The van der Waals surface area contributed by atoms with Crippen LogP contribution in [0.2, 0.25) is 0 Å². The van der Waals surface area contributed by atoms with E-state index >= 15 is 0 Å². The first-order chi connectivity index (χ1) is 14.1. The van der Waals surface area contributed by atoms with Gasteiger partial charge in [-0.15, -0.1) is 0 Å². The van der Waals surface area contributed by atoms with E-state index in [1.165, 1.54) is 116 Å². The molecule has 5 heteroatoms. The molecule has 0 fully saturated rings. The molecule has 0 amide bonds. The highest BCUT2D eigenvalue weighted by atomic mass is 79.9. The lowest BCUT2D eigenvalue weighted by Gasteiger charge is -2.51. The monoisotopic (exact) mass is 491 g/mol. The molecule has 0 aromatic heterocycles. The summed E-state index contributed by atoms with van der Waals surface area (Å²) < 4.78 is 8.78. The summed E-state index contributed by atoms with van der Waals surface area (Å²) in [6.07, 6.45) is 15.6. The molecular weight excluding hydrogens is 438 g/mol. The minimum atomic E-state index is -2.05. The molecule has 0 heterocycles. The fraction of sp³-hybridized carbons (Fsp3) is 1.00. The van der Waals surface area contributed by atoms with Crippen molar-refractivity contribution in [2.75, 3.05) is 39.3 Å².